The van der Waals surface area contributed by atoms with Gasteiger partial charge in [-0.2, -0.15) is 11.8 Å². The van der Waals surface area contributed by atoms with Gasteiger partial charge in [-0.25, -0.2) is 0 Å². The highest BCUT2D eigenvalue weighted by Crippen LogP contribution is 2.30. The summed E-state index contributed by atoms with van der Waals surface area (Å²) in [6.45, 7) is 7.18. The lowest BCUT2D eigenvalue weighted by molar-refractivity contribution is 0.0926. The van der Waals surface area contributed by atoms with Gasteiger partial charge in [-0.1, -0.05) is 13.8 Å². The summed E-state index contributed by atoms with van der Waals surface area (Å²) in [5.74, 6) is 1.35. The van der Waals surface area contributed by atoms with Crippen LogP contribution in [0, 0.1) is 0 Å². The first-order valence-corrected chi connectivity index (χ1v) is 7.47. The maximum absolute atomic E-state index is 12.2. The zero-order valence-electron chi connectivity index (χ0n) is 11.5. The fourth-order valence-electron chi connectivity index (χ4n) is 2.26. The SMILES string of the molecule is Cn1cccc1C(=O)CN1CCSC(C)(C)CC1. The molecule has 2 heterocycles. The van der Waals surface area contributed by atoms with E-state index in [4.69, 9.17) is 0 Å². The van der Waals surface area contributed by atoms with Crippen LogP contribution in [-0.2, 0) is 7.05 Å². The summed E-state index contributed by atoms with van der Waals surface area (Å²) >= 11 is 2.01. The number of Topliss-reactive ketones (excluding diaryl/α,β-unsaturated/α-hetero) is 1. The van der Waals surface area contributed by atoms with Crippen LogP contribution in [0.1, 0.15) is 30.8 Å². The number of rotatable bonds is 3. The van der Waals surface area contributed by atoms with Crippen molar-refractivity contribution in [1.82, 2.24) is 9.47 Å². The van der Waals surface area contributed by atoms with Gasteiger partial charge >= 0.3 is 0 Å². The van der Waals surface area contributed by atoms with Crippen LogP contribution in [0.2, 0.25) is 0 Å². The number of thioether (sulfide) groups is 1. The third-order valence-electron chi connectivity index (χ3n) is 3.53. The van der Waals surface area contributed by atoms with E-state index in [0.29, 0.717) is 11.3 Å². The van der Waals surface area contributed by atoms with Crippen molar-refractivity contribution in [3.63, 3.8) is 0 Å². The molecule has 2 rings (SSSR count). The molecule has 0 aromatic carbocycles. The van der Waals surface area contributed by atoms with E-state index < -0.39 is 0 Å². The number of ketones is 1. The van der Waals surface area contributed by atoms with Gasteiger partial charge in [-0.15, -0.1) is 0 Å². The Kier molecular flexibility index (Phi) is 4.17. The summed E-state index contributed by atoms with van der Waals surface area (Å²) < 4.78 is 2.25. The maximum atomic E-state index is 12.2. The Bertz CT molecular complexity index is 425. The molecule has 1 fully saturated rings. The van der Waals surface area contributed by atoms with Crippen molar-refractivity contribution >= 4 is 17.5 Å². The molecule has 100 valence electrons. The molecule has 0 radical (unpaired) electrons. The summed E-state index contributed by atoms with van der Waals surface area (Å²) in [5, 5.41) is 0. The lowest BCUT2D eigenvalue weighted by Crippen LogP contribution is -2.33. The van der Waals surface area contributed by atoms with E-state index >= 15 is 0 Å². The fraction of sp³-hybridized carbons (Fsp3) is 0.643. The highest BCUT2D eigenvalue weighted by Gasteiger charge is 2.24. The number of aryl methyl sites for hydroxylation is 1. The molecular formula is C14H22N2OS. The first-order chi connectivity index (χ1) is 8.48. The van der Waals surface area contributed by atoms with Crippen LogP contribution in [0.4, 0.5) is 0 Å². The van der Waals surface area contributed by atoms with Crippen molar-refractivity contribution in [2.24, 2.45) is 7.05 Å². The summed E-state index contributed by atoms with van der Waals surface area (Å²) in [6.07, 6.45) is 3.08. The third-order valence-corrected chi connectivity index (χ3v) is 4.90. The second kappa shape index (κ2) is 5.49. The molecule has 3 nitrogen and oxygen atoms in total. The van der Waals surface area contributed by atoms with Gasteiger partial charge in [0.2, 0.25) is 0 Å². The van der Waals surface area contributed by atoms with Crippen molar-refractivity contribution < 1.29 is 4.79 Å². The monoisotopic (exact) mass is 266 g/mol. The van der Waals surface area contributed by atoms with Gasteiger partial charge in [-0.3, -0.25) is 9.69 Å². The van der Waals surface area contributed by atoms with E-state index in [0.717, 1.165) is 31.0 Å². The summed E-state index contributed by atoms with van der Waals surface area (Å²) in [7, 11) is 1.93. The Morgan fingerprint density at radius 3 is 2.89 bits per heavy atom. The number of carbonyl (C=O) groups is 1. The first-order valence-electron chi connectivity index (χ1n) is 6.49. The summed E-state index contributed by atoms with van der Waals surface area (Å²) in [5.41, 5.74) is 0.811. The molecule has 1 aliphatic rings. The normalized spacial score (nSPS) is 20.6. The van der Waals surface area contributed by atoms with Crippen LogP contribution in [0.3, 0.4) is 0 Å². The molecule has 0 aliphatic carbocycles. The maximum Gasteiger partial charge on any atom is 0.193 e. The standard InChI is InChI=1S/C14H22N2OS/c1-14(2)6-8-16(9-10-18-14)11-13(17)12-5-4-7-15(12)3/h4-5,7H,6,8-11H2,1-3H3. The molecule has 0 amide bonds. The minimum absolute atomic E-state index is 0.229. The van der Waals surface area contributed by atoms with Crippen molar-refractivity contribution in [3.05, 3.63) is 24.0 Å². The molecule has 1 aliphatic heterocycles. The Morgan fingerprint density at radius 2 is 2.22 bits per heavy atom. The van der Waals surface area contributed by atoms with E-state index in [-0.39, 0.29) is 5.78 Å². The van der Waals surface area contributed by atoms with Gasteiger partial charge in [0.15, 0.2) is 5.78 Å². The smallest absolute Gasteiger partial charge is 0.193 e. The second-order valence-corrected chi connectivity index (χ2v) is 7.36. The van der Waals surface area contributed by atoms with Crippen LogP contribution in [0.25, 0.3) is 0 Å². The lowest BCUT2D eigenvalue weighted by atomic mass is 10.1. The van der Waals surface area contributed by atoms with Crippen molar-refractivity contribution in [2.75, 3.05) is 25.4 Å². The third kappa shape index (κ3) is 3.39. The lowest BCUT2D eigenvalue weighted by Gasteiger charge is -2.22. The molecule has 0 unspecified atom stereocenters. The van der Waals surface area contributed by atoms with Crippen LogP contribution in [0.15, 0.2) is 18.3 Å². The van der Waals surface area contributed by atoms with Crippen LogP contribution >= 0.6 is 11.8 Å². The minimum atomic E-state index is 0.229. The molecule has 0 N–H and O–H groups in total. The van der Waals surface area contributed by atoms with E-state index in [2.05, 4.69) is 18.7 Å². The number of carbonyl (C=O) groups excluding carboxylic acids is 1. The summed E-state index contributed by atoms with van der Waals surface area (Å²) in [4.78, 5) is 14.5. The highest BCUT2D eigenvalue weighted by molar-refractivity contribution is 8.00. The molecule has 18 heavy (non-hydrogen) atoms. The molecule has 0 atom stereocenters. The number of hydrogen-bond acceptors (Lipinski definition) is 3. The van der Waals surface area contributed by atoms with Gasteiger partial charge in [0.25, 0.3) is 0 Å². The van der Waals surface area contributed by atoms with Crippen molar-refractivity contribution in [2.45, 2.75) is 25.0 Å². The average Bonchev–Trinajstić information content (AvgIpc) is 2.64. The van der Waals surface area contributed by atoms with Crippen molar-refractivity contribution in [1.29, 1.82) is 0 Å². The van der Waals surface area contributed by atoms with Gasteiger partial charge in [0.05, 0.1) is 12.2 Å². The molecule has 1 saturated heterocycles. The van der Waals surface area contributed by atoms with E-state index in [1.54, 1.807) is 0 Å². The average molecular weight is 266 g/mol. The Balaban J connectivity index is 1.94. The molecule has 0 bridgehead atoms. The predicted molar refractivity (Wildman–Crippen MR) is 77.3 cm³/mol. The molecule has 0 spiro atoms. The largest absolute Gasteiger partial charge is 0.348 e. The first kappa shape index (κ1) is 13.7. The molecule has 1 aromatic rings. The summed E-state index contributed by atoms with van der Waals surface area (Å²) in [6, 6.07) is 3.83. The van der Waals surface area contributed by atoms with Crippen LogP contribution < -0.4 is 0 Å². The highest BCUT2D eigenvalue weighted by atomic mass is 32.2. The van der Waals surface area contributed by atoms with Gasteiger partial charge in [0, 0.05) is 30.3 Å². The van der Waals surface area contributed by atoms with E-state index in [1.165, 1.54) is 0 Å². The van der Waals surface area contributed by atoms with Crippen LogP contribution in [-0.4, -0.2) is 45.4 Å². The molecular weight excluding hydrogens is 244 g/mol. The molecule has 1 aromatic heterocycles. The quantitative estimate of drug-likeness (QED) is 0.786. The van der Waals surface area contributed by atoms with E-state index in [9.17, 15) is 4.79 Å². The topological polar surface area (TPSA) is 25.2 Å². The zero-order valence-corrected chi connectivity index (χ0v) is 12.3. The second-order valence-electron chi connectivity index (χ2n) is 5.56. The molecule has 0 saturated carbocycles. The van der Waals surface area contributed by atoms with Gasteiger partial charge in [-0.05, 0) is 25.1 Å². The number of aromatic nitrogens is 1. The van der Waals surface area contributed by atoms with E-state index in [1.807, 2.05) is 41.7 Å². The minimum Gasteiger partial charge on any atom is -0.348 e. The van der Waals surface area contributed by atoms with Crippen molar-refractivity contribution in [3.8, 4) is 0 Å². The fourth-order valence-corrected chi connectivity index (χ4v) is 3.39. The number of hydrogen-bond donors (Lipinski definition) is 0. The predicted octanol–water partition coefficient (Wildman–Crippen LogP) is 2.43. The number of nitrogens with zero attached hydrogens (tertiary/aromatic N) is 2. The molecule has 4 heteroatoms. The Morgan fingerprint density at radius 1 is 1.44 bits per heavy atom. The Labute approximate surface area is 114 Å². The van der Waals surface area contributed by atoms with Gasteiger partial charge < -0.3 is 4.57 Å². The zero-order chi connectivity index (χ0) is 13.2. The van der Waals surface area contributed by atoms with Gasteiger partial charge in [0.1, 0.15) is 0 Å². The van der Waals surface area contributed by atoms with Crippen LogP contribution in [0.5, 0.6) is 0 Å². The Hall–Kier alpha value is -0.740.